The number of benzene rings is 2. The number of hydrogen-bond acceptors (Lipinski definition) is 3. The molecule has 1 heterocycles. The quantitative estimate of drug-likeness (QED) is 0.584. The highest BCUT2D eigenvalue weighted by Crippen LogP contribution is 2.12. The maximum atomic E-state index is 12.9. The molecule has 27 heavy (non-hydrogen) atoms. The highest BCUT2D eigenvalue weighted by atomic mass is 32.1. The minimum atomic E-state index is -0.328. The summed E-state index contributed by atoms with van der Waals surface area (Å²) in [6.07, 6.45) is 1.65. The third-order valence-electron chi connectivity index (χ3n) is 3.83. The number of nitrogens with one attached hydrogen (secondary N) is 3. The maximum absolute atomic E-state index is 12.9. The van der Waals surface area contributed by atoms with Gasteiger partial charge in [0, 0.05) is 24.0 Å². The monoisotopic (exact) mass is 381 g/mol. The van der Waals surface area contributed by atoms with Crippen molar-refractivity contribution in [2.24, 2.45) is 0 Å². The molecule has 3 aromatic rings. The summed E-state index contributed by atoms with van der Waals surface area (Å²) in [5.74, 6) is -0.910. The fourth-order valence-electron chi connectivity index (χ4n) is 2.39. The second kappa shape index (κ2) is 8.37. The van der Waals surface area contributed by atoms with Crippen LogP contribution in [0.1, 0.15) is 26.3 Å². The van der Waals surface area contributed by atoms with Gasteiger partial charge in [0.2, 0.25) is 0 Å². The van der Waals surface area contributed by atoms with E-state index in [0.29, 0.717) is 28.0 Å². The third kappa shape index (κ3) is 4.86. The summed E-state index contributed by atoms with van der Waals surface area (Å²) in [5, 5.41) is 5.50. The highest BCUT2D eigenvalue weighted by molar-refractivity contribution is 7.71. The van der Waals surface area contributed by atoms with E-state index in [9.17, 15) is 14.0 Å². The lowest BCUT2D eigenvalue weighted by Gasteiger charge is -2.08. The number of H-pyrrole nitrogens is 1. The predicted octanol–water partition coefficient (Wildman–Crippen LogP) is 4.07. The topological polar surface area (TPSA) is 74.0 Å². The van der Waals surface area contributed by atoms with E-state index in [1.807, 2.05) is 0 Å². The number of aromatic amines is 1. The normalized spacial score (nSPS) is 10.3. The van der Waals surface area contributed by atoms with Gasteiger partial charge in [0.1, 0.15) is 10.5 Å². The van der Waals surface area contributed by atoms with Crippen molar-refractivity contribution < 1.29 is 14.0 Å². The first-order valence-corrected chi connectivity index (χ1v) is 8.55. The molecule has 7 heteroatoms. The van der Waals surface area contributed by atoms with Crippen molar-refractivity contribution in [3.63, 3.8) is 0 Å². The van der Waals surface area contributed by atoms with Gasteiger partial charge in [-0.2, -0.15) is 0 Å². The van der Waals surface area contributed by atoms with Crippen LogP contribution in [0.3, 0.4) is 0 Å². The zero-order valence-electron chi connectivity index (χ0n) is 14.2. The summed E-state index contributed by atoms with van der Waals surface area (Å²) in [7, 11) is 0. The zero-order chi connectivity index (χ0) is 19.2. The summed E-state index contributed by atoms with van der Waals surface area (Å²) < 4.78 is 13.2. The average molecular weight is 381 g/mol. The van der Waals surface area contributed by atoms with Crippen LogP contribution >= 0.6 is 12.2 Å². The average Bonchev–Trinajstić information content (AvgIpc) is 2.68. The van der Waals surface area contributed by atoms with E-state index in [1.54, 1.807) is 54.7 Å². The predicted molar refractivity (Wildman–Crippen MR) is 104 cm³/mol. The number of aromatic nitrogens is 1. The van der Waals surface area contributed by atoms with Crippen LogP contribution in [0.15, 0.2) is 66.9 Å². The number of carbonyl (C=O) groups excluding carboxylic acids is 2. The van der Waals surface area contributed by atoms with E-state index in [4.69, 9.17) is 12.2 Å². The van der Waals surface area contributed by atoms with Crippen LogP contribution in [0.4, 0.5) is 10.1 Å². The van der Waals surface area contributed by atoms with E-state index in [-0.39, 0.29) is 17.6 Å². The molecule has 2 amide bonds. The SMILES string of the molecule is O=C(NCc1ccc(F)cc1)c1ccc(NC(=O)c2ccc[nH]c2=S)cc1. The molecule has 0 saturated carbocycles. The Labute approximate surface area is 160 Å². The van der Waals surface area contributed by atoms with E-state index in [0.717, 1.165) is 5.56 Å². The fourth-order valence-corrected chi connectivity index (χ4v) is 2.62. The highest BCUT2D eigenvalue weighted by Gasteiger charge is 2.09. The van der Waals surface area contributed by atoms with Crippen molar-refractivity contribution in [3.05, 3.63) is 94.0 Å². The molecule has 0 aliphatic carbocycles. The molecule has 3 rings (SSSR count). The number of amides is 2. The molecule has 3 N–H and O–H groups in total. The standard InChI is InChI=1S/C20H16FN3O2S/c21-15-7-3-13(4-8-15)12-23-18(25)14-5-9-16(10-6-14)24-19(26)17-2-1-11-22-20(17)27/h1-11H,12H2,(H,22,27)(H,23,25)(H,24,26). The molecule has 0 saturated heterocycles. The first-order valence-electron chi connectivity index (χ1n) is 8.15. The summed E-state index contributed by atoms with van der Waals surface area (Å²) >= 11 is 5.09. The van der Waals surface area contributed by atoms with Crippen molar-refractivity contribution in [1.82, 2.24) is 10.3 Å². The lowest BCUT2D eigenvalue weighted by molar-refractivity contribution is 0.0950. The fraction of sp³-hybridized carbons (Fsp3) is 0.0500. The minimum absolute atomic E-state index is 0.261. The van der Waals surface area contributed by atoms with Crippen LogP contribution in [0, 0.1) is 10.5 Å². The second-order valence-electron chi connectivity index (χ2n) is 5.75. The summed E-state index contributed by atoms with van der Waals surface area (Å²) in [6.45, 7) is 0.295. The van der Waals surface area contributed by atoms with Gasteiger partial charge in [0.15, 0.2) is 0 Å². The van der Waals surface area contributed by atoms with E-state index in [1.165, 1.54) is 12.1 Å². The third-order valence-corrected chi connectivity index (χ3v) is 4.17. The molecule has 136 valence electrons. The Morgan fingerprint density at radius 2 is 1.67 bits per heavy atom. The second-order valence-corrected chi connectivity index (χ2v) is 6.16. The Bertz CT molecular complexity index is 1010. The van der Waals surface area contributed by atoms with Crippen molar-refractivity contribution in [2.45, 2.75) is 6.54 Å². The molecule has 0 fully saturated rings. The van der Waals surface area contributed by atoms with Gasteiger partial charge in [0.05, 0.1) is 5.56 Å². The van der Waals surface area contributed by atoms with Crippen LogP contribution in [0.5, 0.6) is 0 Å². The van der Waals surface area contributed by atoms with Crippen LogP contribution in [-0.2, 0) is 6.54 Å². The molecule has 0 atom stereocenters. The van der Waals surface area contributed by atoms with Crippen molar-refractivity contribution >= 4 is 29.7 Å². The Morgan fingerprint density at radius 1 is 0.963 bits per heavy atom. The lowest BCUT2D eigenvalue weighted by Crippen LogP contribution is -2.22. The lowest BCUT2D eigenvalue weighted by atomic mass is 10.1. The molecule has 1 aromatic heterocycles. The molecule has 0 spiro atoms. The molecule has 0 bridgehead atoms. The maximum Gasteiger partial charge on any atom is 0.258 e. The Balaban J connectivity index is 1.60. The largest absolute Gasteiger partial charge is 0.352 e. The number of carbonyl (C=O) groups is 2. The molecular formula is C20H16FN3O2S. The number of hydrogen-bond donors (Lipinski definition) is 3. The molecule has 0 radical (unpaired) electrons. The van der Waals surface area contributed by atoms with E-state index in [2.05, 4.69) is 15.6 Å². The van der Waals surface area contributed by atoms with Crippen molar-refractivity contribution in [1.29, 1.82) is 0 Å². The number of anilines is 1. The van der Waals surface area contributed by atoms with Gasteiger partial charge in [-0.05, 0) is 54.1 Å². The van der Waals surface area contributed by atoms with Gasteiger partial charge in [-0.25, -0.2) is 4.39 Å². The first kappa shape index (κ1) is 18.5. The summed E-state index contributed by atoms with van der Waals surface area (Å²) in [4.78, 5) is 27.2. The Kier molecular flexibility index (Phi) is 5.73. The van der Waals surface area contributed by atoms with Gasteiger partial charge < -0.3 is 15.6 Å². The molecule has 0 unspecified atom stereocenters. The van der Waals surface area contributed by atoms with Crippen molar-refractivity contribution in [2.75, 3.05) is 5.32 Å². The molecular weight excluding hydrogens is 365 g/mol. The van der Waals surface area contributed by atoms with Crippen molar-refractivity contribution in [3.8, 4) is 0 Å². The molecule has 0 aliphatic rings. The molecule has 2 aromatic carbocycles. The number of halogens is 1. The van der Waals surface area contributed by atoms with E-state index >= 15 is 0 Å². The van der Waals surface area contributed by atoms with Gasteiger partial charge in [-0.3, -0.25) is 9.59 Å². The van der Waals surface area contributed by atoms with Crippen LogP contribution in [0.2, 0.25) is 0 Å². The smallest absolute Gasteiger partial charge is 0.258 e. The Hall–Kier alpha value is -3.32. The Morgan fingerprint density at radius 3 is 2.33 bits per heavy atom. The van der Waals surface area contributed by atoms with Crippen LogP contribution < -0.4 is 10.6 Å². The number of rotatable bonds is 5. The molecule has 0 aliphatic heterocycles. The van der Waals surface area contributed by atoms with Gasteiger partial charge in [-0.1, -0.05) is 24.4 Å². The summed E-state index contributed by atoms with van der Waals surface area (Å²) in [6, 6.07) is 15.7. The molecule has 5 nitrogen and oxygen atoms in total. The van der Waals surface area contributed by atoms with Gasteiger partial charge in [0.25, 0.3) is 11.8 Å². The van der Waals surface area contributed by atoms with E-state index < -0.39 is 0 Å². The first-order chi connectivity index (χ1) is 13.0. The number of pyridine rings is 1. The van der Waals surface area contributed by atoms with Crippen LogP contribution in [0.25, 0.3) is 0 Å². The summed E-state index contributed by atoms with van der Waals surface area (Å²) in [5.41, 5.74) is 2.17. The van der Waals surface area contributed by atoms with Gasteiger partial charge in [-0.15, -0.1) is 0 Å². The van der Waals surface area contributed by atoms with Gasteiger partial charge >= 0.3 is 0 Å². The minimum Gasteiger partial charge on any atom is -0.352 e. The van der Waals surface area contributed by atoms with Crippen LogP contribution in [-0.4, -0.2) is 16.8 Å². The zero-order valence-corrected chi connectivity index (χ0v) is 15.0.